The molecular weight excluding hydrogens is 214 g/mol. The van der Waals surface area contributed by atoms with Gasteiger partial charge in [0.1, 0.15) is 5.75 Å². The number of rotatable bonds is 4. The first-order valence-corrected chi connectivity index (χ1v) is 5.71. The van der Waals surface area contributed by atoms with E-state index in [1.165, 1.54) is 0 Å². The fraction of sp³-hybridized carbons (Fsp3) is 0.308. The van der Waals surface area contributed by atoms with Crippen LogP contribution in [-0.2, 0) is 0 Å². The van der Waals surface area contributed by atoms with E-state index in [-0.39, 0.29) is 0 Å². The van der Waals surface area contributed by atoms with Gasteiger partial charge in [0.05, 0.1) is 18.0 Å². The van der Waals surface area contributed by atoms with Gasteiger partial charge in [-0.2, -0.15) is 0 Å². The number of aryl methyl sites for hydroxylation is 1. The standard InChI is InChI=1S/C13H17N3O/c1-4-17-12-7-5-6-11(8-12)16-9-10(2)15-13(16)14-3/h5-9H,4H2,1-3H3,(H,14,15). The molecule has 0 amide bonds. The van der Waals surface area contributed by atoms with Crippen LogP contribution in [0.4, 0.5) is 5.95 Å². The van der Waals surface area contributed by atoms with E-state index >= 15 is 0 Å². The number of ether oxygens (including phenoxy) is 1. The van der Waals surface area contributed by atoms with Gasteiger partial charge in [0.25, 0.3) is 0 Å². The molecule has 0 spiro atoms. The predicted molar refractivity (Wildman–Crippen MR) is 69.0 cm³/mol. The van der Waals surface area contributed by atoms with Crippen molar-refractivity contribution >= 4 is 5.95 Å². The summed E-state index contributed by atoms with van der Waals surface area (Å²) >= 11 is 0. The molecule has 90 valence electrons. The number of hydrogen-bond acceptors (Lipinski definition) is 3. The Morgan fingerprint density at radius 3 is 2.94 bits per heavy atom. The Bertz CT molecular complexity index is 505. The van der Waals surface area contributed by atoms with Gasteiger partial charge in [0.2, 0.25) is 5.95 Å². The number of imidazole rings is 1. The molecule has 4 heteroatoms. The Morgan fingerprint density at radius 2 is 2.24 bits per heavy atom. The third kappa shape index (κ3) is 2.41. The molecular formula is C13H17N3O. The Labute approximate surface area is 101 Å². The first-order valence-electron chi connectivity index (χ1n) is 5.71. The minimum absolute atomic E-state index is 0.672. The second-order valence-corrected chi connectivity index (χ2v) is 3.76. The molecule has 17 heavy (non-hydrogen) atoms. The van der Waals surface area contributed by atoms with Gasteiger partial charge in [-0.05, 0) is 26.0 Å². The summed E-state index contributed by atoms with van der Waals surface area (Å²) in [7, 11) is 1.87. The lowest BCUT2D eigenvalue weighted by molar-refractivity contribution is 0.340. The van der Waals surface area contributed by atoms with Crippen LogP contribution in [0.3, 0.4) is 0 Å². The summed E-state index contributed by atoms with van der Waals surface area (Å²) in [6.45, 7) is 4.63. The summed E-state index contributed by atoms with van der Waals surface area (Å²) in [5.41, 5.74) is 2.03. The Hall–Kier alpha value is -1.97. The maximum Gasteiger partial charge on any atom is 0.207 e. The van der Waals surface area contributed by atoms with Crippen molar-refractivity contribution in [2.24, 2.45) is 0 Å². The van der Waals surface area contributed by atoms with Crippen molar-refractivity contribution < 1.29 is 4.74 Å². The molecule has 0 bridgehead atoms. The minimum atomic E-state index is 0.672. The van der Waals surface area contributed by atoms with Gasteiger partial charge in [0, 0.05) is 19.3 Å². The van der Waals surface area contributed by atoms with Crippen molar-refractivity contribution in [3.05, 3.63) is 36.2 Å². The molecule has 0 saturated heterocycles. The molecule has 1 aromatic heterocycles. The molecule has 2 rings (SSSR count). The number of hydrogen-bond donors (Lipinski definition) is 1. The predicted octanol–water partition coefficient (Wildman–Crippen LogP) is 2.62. The molecule has 1 N–H and O–H groups in total. The lowest BCUT2D eigenvalue weighted by Crippen LogP contribution is -2.01. The minimum Gasteiger partial charge on any atom is -0.494 e. The van der Waals surface area contributed by atoms with Crippen LogP contribution >= 0.6 is 0 Å². The van der Waals surface area contributed by atoms with Gasteiger partial charge in [-0.3, -0.25) is 4.57 Å². The number of nitrogens with one attached hydrogen (secondary N) is 1. The zero-order valence-electron chi connectivity index (χ0n) is 10.4. The average Bonchev–Trinajstić information content (AvgIpc) is 2.71. The van der Waals surface area contributed by atoms with Crippen LogP contribution in [0.5, 0.6) is 5.75 Å². The third-order valence-electron chi connectivity index (χ3n) is 2.46. The molecule has 2 aromatic rings. The maximum absolute atomic E-state index is 5.49. The highest BCUT2D eigenvalue weighted by atomic mass is 16.5. The van der Waals surface area contributed by atoms with E-state index in [9.17, 15) is 0 Å². The molecule has 0 aliphatic carbocycles. The fourth-order valence-corrected chi connectivity index (χ4v) is 1.76. The zero-order chi connectivity index (χ0) is 12.3. The molecule has 1 heterocycles. The van der Waals surface area contributed by atoms with E-state index in [1.54, 1.807) is 0 Å². The summed E-state index contributed by atoms with van der Waals surface area (Å²) < 4.78 is 7.51. The lowest BCUT2D eigenvalue weighted by Gasteiger charge is -2.09. The molecule has 0 aliphatic rings. The number of aromatic nitrogens is 2. The maximum atomic E-state index is 5.49. The quantitative estimate of drug-likeness (QED) is 0.879. The van der Waals surface area contributed by atoms with Crippen LogP contribution in [0, 0.1) is 6.92 Å². The largest absolute Gasteiger partial charge is 0.494 e. The van der Waals surface area contributed by atoms with Crippen LogP contribution in [0.2, 0.25) is 0 Å². The van der Waals surface area contributed by atoms with Crippen molar-refractivity contribution in [1.82, 2.24) is 9.55 Å². The zero-order valence-corrected chi connectivity index (χ0v) is 10.4. The fourth-order valence-electron chi connectivity index (χ4n) is 1.76. The van der Waals surface area contributed by atoms with Gasteiger partial charge in [-0.1, -0.05) is 6.07 Å². The van der Waals surface area contributed by atoms with E-state index in [4.69, 9.17) is 4.74 Å². The highest BCUT2D eigenvalue weighted by Crippen LogP contribution is 2.20. The number of benzene rings is 1. The molecule has 0 radical (unpaired) electrons. The van der Waals surface area contributed by atoms with Gasteiger partial charge >= 0.3 is 0 Å². The van der Waals surface area contributed by atoms with Crippen molar-refractivity contribution in [3.63, 3.8) is 0 Å². The highest BCUT2D eigenvalue weighted by molar-refractivity contribution is 5.46. The van der Waals surface area contributed by atoms with Crippen LogP contribution in [0.1, 0.15) is 12.6 Å². The van der Waals surface area contributed by atoms with Crippen molar-refractivity contribution in [2.45, 2.75) is 13.8 Å². The molecule has 4 nitrogen and oxygen atoms in total. The average molecular weight is 231 g/mol. The van der Waals surface area contributed by atoms with E-state index in [0.717, 1.165) is 23.1 Å². The summed E-state index contributed by atoms with van der Waals surface area (Å²) in [6, 6.07) is 7.97. The van der Waals surface area contributed by atoms with E-state index in [0.29, 0.717) is 6.61 Å². The van der Waals surface area contributed by atoms with Crippen molar-refractivity contribution in [1.29, 1.82) is 0 Å². The van der Waals surface area contributed by atoms with Crippen LogP contribution in [-0.4, -0.2) is 23.2 Å². The Kier molecular flexibility index (Phi) is 3.32. The third-order valence-corrected chi connectivity index (χ3v) is 2.46. The Morgan fingerprint density at radius 1 is 1.41 bits per heavy atom. The second-order valence-electron chi connectivity index (χ2n) is 3.76. The lowest BCUT2D eigenvalue weighted by atomic mass is 10.3. The van der Waals surface area contributed by atoms with E-state index in [1.807, 2.05) is 55.9 Å². The summed E-state index contributed by atoms with van der Waals surface area (Å²) in [6.07, 6.45) is 2.00. The number of anilines is 1. The Balaban J connectivity index is 2.41. The summed E-state index contributed by atoms with van der Waals surface area (Å²) in [5.74, 6) is 1.70. The van der Waals surface area contributed by atoms with Gasteiger partial charge in [0.15, 0.2) is 0 Å². The molecule has 0 atom stereocenters. The molecule has 0 unspecified atom stereocenters. The normalized spacial score (nSPS) is 10.3. The summed E-state index contributed by atoms with van der Waals surface area (Å²) in [5, 5.41) is 3.08. The second kappa shape index (κ2) is 4.91. The van der Waals surface area contributed by atoms with Crippen LogP contribution in [0.15, 0.2) is 30.5 Å². The molecule has 1 aromatic carbocycles. The van der Waals surface area contributed by atoms with Gasteiger partial charge in [-0.15, -0.1) is 0 Å². The van der Waals surface area contributed by atoms with E-state index in [2.05, 4.69) is 10.3 Å². The van der Waals surface area contributed by atoms with E-state index < -0.39 is 0 Å². The number of nitrogens with zero attached hydrogens (tertiary/aromatic N) is 2. The van der Waals surface area contributed by atoms with Gasteiger partial charge < -0.3 is 10.1 Å². The van der Waals surface area contributed by atoms with Crippen molar-refractivity contribution in [2.75, 3.05) is 19.0 Å². The SMILES string of the molecule is CCOc1cccc(-n2cc(C)nc2NC)c1. The van der Waals surface area contributed by atoms with Crippen LogP contribution < -0.4 is 10.1 Å². The smallest absolute Gasteiger partial charge is 0.207 e. The topological polar surface area (TPSA) is 39.1 Å². The van der Waals surface area contributed by atoms with Gasteiger partial charge in [-0.25, -0.2) is 4.98 Å². The monoisotopic (exact) mass is 231 g/mol. The molecule has 0 fully saturated rings. The first-order chi connectivity index (χ1) is 8.24. The first kappa shape index (κ1) is 11.5. The molecule has 0 aliphatic heterocycles. The molecule has 0 saturated carbocycles. The van der Waals surface area contributed by atoms with Crippen molar-refractivity contribution in [3.8, 4) is 11.4 Å². The summed E-state index contributed by atoms with van der Waals surface area (Å²) in [4.78, 5) is 4.39. The highest BCUT2D eigenvalue weighted by Gasteiger charge is 2.06. The van der Waals surface area contributed by atoms with Crippen LogP contribution in [0.25, 0.3) is 5.69 Å².